The lowest BCUT2D eigenvalue weighted by atomic mass is 9.78. The summed E-state index contributed by atoms with van der Waals surface area (Å²) in [4.78, 5) is 23.4. The largest absolute Gasteiger partial charge is 0.481 e. The molecule has 0 aromatic heterocycles. The molecule has 0 heterocycles. The molecule has 0 spiro atoms. The lowest BCUT2D eigenvalue weighted by Crippen LogP contribution is -2.36. The minimum absolute atomic E-state index is 0.0890. The third-order valence-electron chi connectivity index (χ3n) is 3.63. The van der Waals surface area contributed by atoms with Crippen molar-refractivity contribution >= 4 is 29.2 Å². The van der Waals surface area contributed by atoms with Crippen molar-refractivity contribution in [2.45, 2.75) is 25.7 Å². The molecule has 2 rings (SSSR count). The number of para-hydroxylation sites is 1. The van der Waals surface area contributed by atoms with Crippen molar-refractivity contribution < 1.29 is 19.1 Å². The second-order valence-electron chi connectivity index (χ2n) is 4.92. The van der Waals surface area contributed by atoms with Crippen LogP contribution in [0.4, 0.5) is 10.1 Å². The lowest BCUT2D eigenvalue weighted by molar-refractivity contribution is -0.147. The predicted molar refractivity (Wildman–Crippen MR) is 73.1 cm³/mol. The van der Waals surface area contributed by atoms with Crippen molar-refractivity contribution in [3.05, 3.63) is 29.0 Å². The Morgan fingerprint density at radius 2 is 1.90 bits per heavy atom. The highest BCUT2D eigenvalue weighted by atomic mass is 35.5. The number of carboxylic acids is 1. The molecule has 2 N–H and O–H groups in total. The van der Waals surface area contributed by atoms with Crippen LogP contribution in [0.2, 0.25) is 5.02 Å². The van der Waals surface area contributed by atoms with Gasteiger partial charge in [0.05, 0.1) is 22.5 Å². The number of hydrogen-bond donors (Lipinski definition) is 2. The van der Waals surface area contributed by atoms with Crippen molar-refractivity contribution in [1.82, 2.24) is 0 Å². The van der Waals surface area contributed by atoms with Crippen LogP contribution in [0.3, 0.4) is 0 Å². The molecule has 2 atom stereocenters. The van der Waals surface area contributed by atoms with Crippen molar-refractivity contribution in [3.8, 4) is 0 Å². The van der Waals surface area contributed by atoms with Gasteiger partial charge in [-0.25, -0.2) is 4.39 Å². The molecular formula is C14H15ClFNO3. The predicted octanol–water partition coefficient (Wildman–Crippen LogP) is 3.31. The maximum Gasteiger partial charge on any atom is 0.307 e. The summed E-state index contributed by atoms with van der Waals surface area (Å²) in [5, 5.41) is 11.7. The first-order valence-corrected chi connectivity index (χ1v) is 6.86. The minimum Gasteiger partial charge on any atom is -0.481 e. The van der Waals surface area contributed by atoms with Crippen molar-refractivity contribution in [1.29, 1.82) is 0 Å². The Bertz CT molecular complexity index is 515. The first-order valence-electron chi connectivity index (χ1n) is 6.48. The summed E-state index contributed by atoms with van der Waals surface area (Å²) >= 11 is 5.84. The monoisotopic (exact) mass is 299 g/mol. The van der Waals surface area contributed by atoms with E-state index < -0.39 is 29.5 Å². The van der Waals surface area contributed by atoms with Gasteiger partial charge in [-0.05, 0) is 25.0 Å². The Balaban J connectivity index is 2.16. The highest BCUT2D eigenvalue weighted by molar-refractivity contribution is 6.33. The van der Waals surface area contributed by atoms with Crippen LogP contribution in [0, 0.1) is 17.7 Å². The minimum atomic E-state index is -0.982. The molecule has 1 aromatic carbocycles. The fourth-order valence-electron chi connectivity index (χ4n) is 2.57. The van der Waals surface area contributed by atoms with E-state index >= 15 is 0 Å². The molecule has 1 aliphatic rings. The third-order valence-corrected chi connectivity index (χ3v) is 3.95. The van der Waals surface area contributed by atoms with Gasteiger partial charge in [-0.3, -0.25) is 9.59 Å². The smallest absolute Gasteiger partial charge is 0.307 e. The molecule has 0 saturated heterocycles. The normalized spacial score (nSPS) is 22.3. The topological polar surface area (TPSA) is 66.4 Å². The fraction of sp³-hybridized carbons (Fsp3) is 0.429. The molecule has 0 bridgehead atoms. The van der Waals surface area contributed by atoms with E-state index in [2.05, 4.69) is 5.32 Å². The summed E-state index contributed by atoms with van der Waals surface area (Å²) in [6.45, 7) is 0. The van der Waals surface area contributed by atoms with Crippen LogP contribution in [0.25, 0.3) is 0 Å². The highest BCUT2D eigenvalue weighted by Gasteiger charge is 2.36. The van der Waals surface area contributed by atoms with E-state index in [1.807, 2.05) is 0 Å². The molecule has 1 fully saturated rings. The van der Waals surface area contributed by atoms with Crippen LogP contribution in [0.5, 0.6) is 0 Å². The van der Waals surface area contributed by atoms with Gasteiger partial charge in [0.25, 0.3) is 0 Å². The molecule has 1 saturated carbocycles. The third kappa shape index (κ3) is 3.10. The fourth-order valence-corrected chi connectivity index (χ4v) is 2.78. The average Bonchev–Trinajstić information content (AvgIpc) is 2.43. The molecule has 4 nitrogen and oxygen atoms in total. The van der Waals surface area contributed by atoms with Crippen LogP contribution in [-0.4, -0.2) is 17.0 Å². The van der Waals surface area contributed by atoms with Crippen LogP contribution < -0.4 is 5.32 Å². The zero-order valence-electron chi connectivity index (χ0n) is 10.7. The number of halogens is 2. The van der Waals surface area contributed by atoms with E-state index in [-0.39, 0.29) is 10.7 Å². The number of anilines is 1. The number of nitrogens with one attached hydrogen (secondary N) is 1. The zero-order valence-corrected chi connectivity index (χ0v) is 11.5. The number of amides is 1. The van der Waals surface area contributed by atoms with E-state index in [0.29, 0.717) is 12.8 Å². The molecule has 0 radical (unpaired) electrons. The molecule has 108 valence electrons. The van der Waals surface area contributed by atoms with Crippen molar-refractivity contribution in [2.75, 3.05) is 5.32 Å². The number of carbonyl (C=O) groups excluding carboxylic acids is 1. The number of aliphatic carboxylic acids is 1. The van der Waals surface area contributed by atoms with Crippen LogP contribution in [-0.2, 0) is 9.59 Å². The second-order valence-corrected chi connectivity index (χ2v) is 5.33. The SMILES string of the molecule is O=C(O)C1CCCCC1C(=O)Nc1c(F)cccc1Cl. The van der Waals surface area contributed by atoms with Gasteiger partial charge in [-0.2, -0.15) is 0 Å². The van der Waals surface area contributed by atoms with Gasteiger partial charge in [0.15, 0.2) is 0 Å². The lowest BCUT2D eigenvalue weighted by Gasteiger charge is -2.27. The van der Waals surface area contributed by atoms with Crippen molar-refractivity contribution in [3.63, 3.8) is 0 Å². The number of hydrogen-bond acceptors (Lipinski definition) is 2. The van der Waals surface area contributed by atoms with Gasteiger partial charge in [-0.15, -0.1) is 0 Å². The van der Waals surface area contributed by atoms with E-state index in [1.165, 1.54) is 18.2 Å². The Morgan fingerprint density at radius 3 is 2.50 bits per heavy atom. The summed E-state index contributed by atoms with van der Waals surface area (Å²) in [5.74, 6) is -3.45. The van der Waals surface area contributed by atoms with Gasteiger partial charge in [0, 0.05) is 0 Å². The second kappa shape index (κ2) is 6.22. The van der Waals surface area contributed by atoms with Gasteiger partial charge < -0.3 is 10.4 Å². The number of carboxylic acid groups (broad SMARTS) is 1. The van der Waals surface area contributed by atoms with E-state index in [1.54, 1.807) is 0 Å². The number of benzene rings is 1. The summed E-state index contributed by atoms with van der Waals surface area (Å²) in [6.07, 6.45) is 2.56. The molecule has 0 aliphatic heterocycles. The van der Waals surface area contributed by atoms with Gasteiger partial charge >= 0.3 is 5.97 Å². The molecule has 6 heteroatoms. The molecule has 1 amide bonds. The van der Waals surface area contributed by atoms with E-state index in [4.69, 9.17) is 16.7 Å². The summed E-state index contributed by atoms with van der Waals surface area (Å²) in [7, 11) is 0. The Morgan fingerprint density at radius 1 is 1.25 bits per heavy atom. The summed E-state index contributed by atoms with van der Waals surface area (Å²) in [5.41, 5.74) is -0.0890. The van der Waals surface area contributed by atoms with Crippen molar-refractivity contribution in [2.24, 2.45) is 11.8 Å². The van der Waals surface area contributed by atoms with Gasteiger partial charge in [0.1, 0.15) is 5.82 Å². The molecule has 2 unspecified atom stereocenters. The van der Waals surface area contributed by atoms with Gasteiger partial charge in [-0.1, -0.05) is 30.5 Å². The zero-order chi connectivity index (χ0) is 14.7. The van der Waals surface area contributed by atoms with E-state index in [0.717, 1.165) is 12.8 Å². The molecule has 1 aliphatic carbocycles. The quantitative estimate of drug-likeness (QED) is 0.900. The Labute approximate surface area is 120 Å². The van der Waals surface area contributed by atoms with Crippen LogP contribution in [0.15, 0.2) is 18.2 Å². The number of carbonyl (C=O) groups is 2. The van der Waals surface area contributed by atoms with E-state index in [9.17, 15) is 14.0 Å². The number of rotatable bonds is 3. The maximum atomic E-state index is 13.6. The summed E-state index contributed by atoms with van der Waals surface area (Å²) < 4.78 is 13.6. The Kier molecular flexibility index (Phi) is 4.60. The highest BCUT2D eigenvalue weighted by Crippen LogP contribution is 2.32. The first kappa shape index (κ1) is 14.8. The first-order chi connectivity index (χ1) is 9.50. The molecule has 1 aromatic rings. The van der Waals surface area contributed by atoms with Crippen LogP contribution >= 0.6 is 11.6 Å². The average molecular weight is 300 g/mol. The molecule has 20 heavy (non-hydrogen) atoms. The van der Waals surface area contributed by atoms with Gasteiger partial charge in [0.2, 0.25) is 5.91 Å². The van der Waals surface area contributed by atoms with Crippen LogP contribution in [0.1, 0.15) is 25.7 Å². The standard InChI is InChI=1S/C14H15ClFNO3/c15-10-6-3-7-11(16)12(10)17-13(18)8-4-1-2-5-9(8)14(19)20/h3,6-9H,1-2,4-5H2,(H,17,18)(H,19,20). The summed E-state index contributed by atoms with van der Waals surface area (Å²) in [6, 6.07) is 4.10. The maximum absolute atomic E-state index is 13.6. The molecular weight excluding hydrogens is 285 g/mol. The Hall–Kier alpha value is -1.62.